The van der Waals surface area contributed by atoms with Crippen LogP contribution in [0.5, 0.6) is 11.6 Å². The molecule has 0 aliphatic carbocycles. The second-order valence-electron chi connectivity index (χ2n) is 4.69. The highest BCUT2D eigenvalue weighted by Gasteiger charge is 2.16. The molecule has 1 aromatic heterocycles. The van der Waals surface area contributed by atoms with Gasteiger partial charge in [0.25, 0.3) is 0 Å². The minimum absolute atomic E-state index is 0.216. The van der Waals surface area contributed by atoms with Gasteiger partial charge in [-0.1, -0.05) is 28.1 Å². The van der Waals surface area contributed by atoms with Crippen LogP contribution in [0.25, 0.3) is 0 Å². The van der Waals surface area contributed by atoms with Crippen LogP contribution in [0.4, 0.5) is 0 Å². The van der Waals surface area contributed by atoms with Crippen molar-refractivity contribution in [2.45, 2.75) is 17.7 Å². The Hall–Kier alpha value is -1.62. The Balaban J connectivity index is 1.77. The minimum Gasteiger partial charge on any atom is -0.493 e. The molecule has 1 aromatic carbocycles. The standard InChI is InChI=1S/C15H15BrN2O2/c1-19-15-8-12(17-9-18-15)7-13(16)10-2-3-14-11(6-10)4-5-20-14/h2-3,6,8-9,13H,4-5,7H2,1H3. The normalized spacial score (nSPS) is 14.5. The SMILES string of the molecule is COc1cc(CC(Br)c2ccc3c(c2)CCO3)ncn1. The van der Waals surface area contributed by atoms with Crippen LogP contribution in [0.3, 0.4) is 0 Å². The van der Waals surface area contributed by atoms with Crippen LogP contribution in [-0.4, -0.2) is 23.7 Å². The van der Waals surface area contributed by atoms with Crippen LogP contribution in [0.15, 0.2) is 30.6 Å². The van der Waals surface area contributed by atoms with E-state index >= 15 is 0 Å². The van der Waals surface area contributed by atoms with Gasteiger partial charge in [-0.2, -0.15) is 0 Å². The Bertz CT molecular complexity index is 619. The summed E-state index contributed by atoms with van der Waals surface area (Å²) in [6.45, 7) is 0.787. The number of methoxy groups -OCH3 is 1. The number of alkyl halides is 1. The predicted molar refractivity (Wildman–Crippen MR) is 79.6 cm³/mol. The van der Waals surface area contributed by atoms with E-state index in [4.69, 9.17) is 9.47 Å². The topological polar surface area (TPSA) is 44.2 Å². The first-order chi connectivity index (χ1) is 9.76. The summed E-state index contributed by atoms with van der Waals surface area (Å²) in [4.78, 5) is 8.52. The molecule has 0 spiro atoms. The third-order valence-corrected chi connectivity index (χ3v) is 4.22. The molecule has 1 atom stereocenters. The summed E-state index contributed by atoms with van der Waals surface area (Å²) in [5.74, 6) is 1.61. The molecule has 4 nitrogen and oxygen atoms in total. The van der Waals surface area contributed by atoms with Gasteiger partial charge in [-0.3, -0.25) is 0 Å². The Morgan fingerprint density at radius 3 is 3.10 bits per heavy atom. The highest BCUT2D eigenvalue weighted by Crippen LogP contribution is 2.32. The molecule has 0 radical (unpaired) electrons. The van der Waals surface area contributed by atoms with E-state index < -0.39 is 0 Å². The number of hydrogen-bond acceptors (Lipinski definition) is 4. The molecule has 2 heterocycles. The van der Waals surface area contributed by atoms with Crippen LogP contribution < -0.4 is 9.47 Å². The summed E-state index contributed by atoms with van der Waals surface area (Å²) in [7, 11) is 1.61. The van der Waals surface area contributed by atoms with Crippen molar-refractivity contribution < 1.29 is 9.47 Å². The van der Waals surface area contributed by atoms with Gasteiger partial charge < -0.3 is 9.47 Å². The zero-order valence-corrected chi connectivity index (χ0v) is 12.8. The zero-order chi connectivity index (χ0) is 13.9. The van der Waals surface area contributed by atoms with E-state index in [-0.39, 0.29) is 4.83 Å². The highest BCUT2D eigenvalue weighted by molar-refractivity contribution is 9.09. The van der Waals surface area contributed by atoms with E-state index in [2.05, 4.69) is 38.0 Å². The summed E-state index contributed by atoms with van der Waals surface area (Å²) < 4.78 is 10.6. The first kappa shape index (κ1) is 13.4. The largest absolute Gasteiger partial charge is 0.493 e. The molecule has 1 aliphatic rings. The molecule has 104 valence electrons. The molecular formula is C15H15BrN2O2. The molecule has 1 unspecified atom stereocenters. The molecule has 20 heavy (non-hydrogen) atoms. The van der Waals surface area contributed by atoms with Crippen LogP contribution in [-0.2, 0) is 12.8 Å². The number of aromatic nitrogens is 2. The van der Waals surface area contributed by atoms with Crippen molar-refractivity contribution in [3.63, 3.8) is 0 Å². The number of rotatable bonds is 4. The van der Waals surface area contributed by atoms with E-state index in [0.29, 0.717) is 5.88 Å². The van der Waals surface area contributed by atoms with Crippen LogP contribution >= 0.6 is 15.9 Å². The lowest BCUT2D eigenvalue weighted by Crippen LogP contribution is -2.00. The molecule has 5 heteroatoms. The van der Waals surface area contributed by atoms with Gasteiger partial charge in [0.05, 0.1) is 13.7 Å². The molecule has 2 aromatic rings. The second kappa shape index (κ2) is 5.79. The average Bonchev–Trinajstić information content (AvgIpc) is 2.94. The van der Waals surface area contributed by atoms with E-state index in [1.807, 2.05) is 12.1 Å². The van der Waals surface area contributed by atoms with E-state index in [1.54, 1.807) is 7.11 Å². The summed E-state index contributed by atoms with van der Waals surface area (Å²) in [5.41, 5.74) is 3.48. The lowest BCUT2D eigenvalue weighted by Gasteiger charge is -2.11. The molecule has 0 fully saturated rings. The van der Waals surface area contributed by atoms with Crippen molar-refractivity contribution >= 4 is 15.9 Å². The summed E-state index contributed by atoms with van der Waals surface area (Å²) in [5, 5.41) is 0. The van der Waals surface area contributed by atoms with Crippen molar-refractivity contribution in [3.8, 4) is 11.6 Å². The quantitative estimate of drug-likeness (QED) is 0.806. The van der Waals surface area contributed by atoms with Crippen LogP contribution in [0.1, 0.15) is 21.6 Å². The minimum atomic E-state index is 0.216. The number of nitrogens with zero attached hydrogens (tertiary/aromatic N) is 2. The second-order valence-corrected chi connectivity index (χ2v) is 5.79. The maximum atomic E-state index is 5.53. The van der Waals surface area contributed by atoms with Gasteiger partial charge in [0.2, 0.25) is 5.88 Å². The Morgan fingerprint density at radius 1 is 1.35 bits per heavy atom. The maximum absolute atomic E-state index is 5.53. The van der Waals surface area contributed by atoms with Gasteiger partial charge >= 0.3 is 0 Å². The fourth-order valence-electron chi connectivity index (χ4n) is 2.30. The lowest BCUT2D eigenvalue weighted by atomic mass is 10.0. The Morgan fingerprint density at radius 2 is 2.25 bits per heavy atom. The van der Waals surface area contributed by atoms with Crippen LogP contribution in [0, 0.1) is 0 Å². The molecule has 0 bridgehead atoms. The smallest absolute Gasteiger partial charge is 0.216 e. The van der Waals surface area contributed by atoms with Gasteiger partial charge in [-0.25, -0.2) is 9.97 Å². The molecule has 0 amide bonds. The third kappa shape index (κ3) is 2.77. The number of fused-ring (bicyclic) bond motifs is 1. The Labute approximate surface area is 126 Å². The van der Waals surface area contributed by atoms with E-state index in [1.165, 1.54) is 17.5 Å². The lowest BCUT2D eigenvalue weighted by molar-refractivity contribution is 0.357. The predicted octanol–water partition coefficient (Wildman–Crippen LogP) is 3.10. The first-order valence-electron chi connectivity index (χ1n) is 6.51. The molecule has 3 rings (SSSR count). The van der Waals surface area contributed by atoms with Crippen molar-refractivity contribution in [1.29, 1.82) is 0 Å². The zero-order valence-electron chi connectivity index (χ0n) is 11.2. The monoisotopic (exact) mass is 334 g/mol. The fourth-order valence-corrected chi connectivity index (χ4v) is 2.92. The number of benzene rings is 1. The average molecular weight is 335 g/mol. The third-order valence-electron chi connectivity index (χ3n) is 3.37. The van der Waals surface area contributed by atoms with E-state index in [0.717, 1.165) is 30.9 Å². The van der Waals surface area contributed by atoms with Gasteiger partial charge in [0.15, 0.2) is 0 Å². The summed E-state index contributed by atoms with van der Waals surface area (Å²) >= 11 is 3.74. The Kier molecular flexibility index (Phi) is 3.87. The van der Waals surface area contributed by atoms with Gasteiger partial charge in [0.1, 0.15) is 12.1 Å². The van der Waals surface area contributed by atoms with Gasteiger partial charge in [0, 0.05) is 29.4 Å². The molecular weight excluding hydrogens is 320 g/mol. The van der Waals surface area contributed by atoms with Crippen molar-refractivity contribution in [2.75, 3.05) is 13.7 Å². The number of halogens is 1. The number of hydrogen-bond donors (Lipinski definition) is 0. The van der Waals surface area contributed by atoms with Gasteiger partial charge in [-0.15, -0.1) is 0 Å². The van der Waals surface area contributed by atoms with Gasteiger partial charge in [-0.05, 0) is 17.2 Å². The fraction of sp³-hybridized carbons (Fsp3) is 0.333. The van der Waals surface area contributed by atoms with Crippen molar-refractivity contribution in [3.05, 3.63) is 47.4 Å². The van der Waals surface area contributed by atoms with Crippen molar-refractivity contribution in [1.82, 2.24) is 9.97 Å². The molecule has 0 N–H and O–H groups in total. The van der Waals surface area contributed by atoms with Crippen molar-refractivity contribution in [2.24, 2.45) is 0 Å². The molecule has 0 saturated heterocycles. The van der Waals surface area contributed by atoms with E-state index in [9.17, 15) is 0 Å². The summed E-state index contributed by atoms with van der Waals surface area (Å²) in [6, 6.07) is 8.22. The summed E-state index contributed by atoms with van der Waals surface area (Å²) in [6.07, 6.45) is 3.31. The number of ether oxygens (including phenoxy) is 2. The molecule has 1 aliphatic heterocycles. The van der Waals surface area contributed by atoms with Crippen LogP contribution in [0.2, 0.25) is 0 Å². The molecule has 0 saturated carbocycles. The highest BCUT2D eigenvalue weighted by atomic mass is 79.9. The maximum Gasteiger partial charge on any atom is 0.216 e. The first-order valence-corrected chi connectivity index (χ1v) is 7.42.